The summed E-state index contributed by atoms with van der Waals surface area (Å²) < 4.78 is 1.54. The molecule has 0 spiro atoms. The molecule has 1 nitrogen and oxygen atoms in total. The number of hydrogen-bond donors (Lipinski definition) is 0. The molecule has 2 atom stereocenters. The minimum absolute atomic E-state index is 0. The van der Waals surface area contributed by atoms with Gasteiger partial charge in [0, 0.05) is 0 Å². The molecule has 1 aromatic rings. The molecule has 0 aromatic heterocycles. The van der Waals surface area contributed by atoms with Gasteiger partial charge < -0.3 is 12.4 Å². The monoisotopic (exact) mass is 513 g/mol. The fraction of sp³-hybridized carbons (Fsp3) is 0.625. The molecule has 0 fully saturated rings. The van der Waals surface area contributed by atoms with Crippen LogP contribution in [-0.2, 0) is 16.8 Å². The predicted molar refractivity (Wildman–Crippen MR) is 115 cm³/mol. The van der Waals surface area contributed by atoms with Gasteiger partial charge in [-0.25, -0.2) is 0 Å². The topological polar surface area (TPSA) is 3.24 Å². The van der Waals surface area contributed by atoms with Crippen LogP contribution in [0, 0.1) is 0 Å². The van der Waals surface area contributed by atoms with Gasteiger partial charge in [-0.15, -0.1) is 0 Å². The molecule has 1 aromatic carbocycles. The second-order valence-electron chi connectivity index (χ2n) is 6.33. The molecule has 0 aliphatic carbocycles. The van der Waals surface area contributed by atoms with Crippen LogP contribution in [0.25, 0.3) is 0 Å². The molecule has 0 N–H and O–H groups in total. The maximum absolute atomic E-state index is 6.29. The van der Waals surface area contributed by atoms with E-state index in [1.54, 1.807) is 0 Å². The van der Waals surface area contributed by atoms with Gasteiger partial charge >= 0.3 is 140 Å². The van der Waals surface area contributed by atoms with Crippen LogP contribution in [0.15, 0.2) is 24.3 Å². The molecule has 1 rings (SSSR count). The van der Waals surface area contributed by atoms with Gasteiger partial charge in [-0.3, -0.25) is 0 Å². The van der Waals surface area contributed by atoms with Crippen molar-refractivity contribution in [1.29, 1.82) is 0 Å². The van der Waals surface area contributed by atoms with Crippen LogP contribution in [0.4, 0.5) is 5.69 Å². The Bertz CT molecular complexity index is 446. The van der Waals surface area contributed by atoms with E-state index in [1.807, 2.05) is 0 Å². The summed E-state index contributed by atoms with van der Waals surface area (Å²) in [6, 6.07) is 8.87. The van der Waals surface area contributed by atoms with Crippen molar-refractivity contribution in [3.63, 3.8) is 0 Å². The molecule has 0 aliphatic rings. The second-order valence-corrected chi connectivity index (χ2v) is 13.8. The third kappa shape index (κ3) is 7.67. The summed E-state index contributed by atoms with van der Waals surface area (Å²) in [4.78, 5) is 1.77. The van der Waals surface area contributed by atoms with E-state index in [0.717, 1.165) is 0 Å². The molecule has 0 saturated heterocycles. The summed E-state index contributed by atoms with van der Waals surface area (Å²) in [5.41, 5.74) is 1.22. The van der Waals surface area contributed by atoms with Gasteiger partial charge in [0.2, 0.25) is 0 Å². The van der Waals surface area contributed by atoms with Gasteiger partial charge in [-0.1, -0.05) is 0 Å². The van der Waals surface area contributed by atoms with Crippen LogP contribution in [-0.4, -0.2) is 18.9 Å². The summed E-state index contributed by atoms with van der Waals surface area (Å²) in [5, 5.41) is 0. The molecular weight excluding hydrogens is 481 g/mol. The van der Waals surface area contributed by atoms with E-state index >= 15 is 0 Å². The van der Waals surface area contributed by atoms with E-state index in [4.69, 9.17) is 23.2 Å². The molecule has 0 amide bonds. The second kappa shape index (κ2) is 11.2. The van der Waals surface area contributed by atoms with E-state index < -0.39 is 16.8 Å². The molecule has 0 aliphatic heterocycles. The first kappa shape index (κ1) is 29.2. The number of hydrogen-bond acceptors (Lipinski definition) is 1. The average Bonchev–Trinajstić information content (AvgIpc) is 2.27. The SMILES string of the molecule is CN(C)c1cc[c]([Pd-]([C](C)(C)C)[C](C)(C)C(Cl)Cl)cc1.[Cl-].[PH4+].[PH4+]. The average molecular weight is 515 g/mol. The normalized spacial score (nSPS) is 11.8. The molecule has 7 heteroatoms. The number of anilines is 1. The van der Waals surface area contributed by atoms with E-state index in [-0.39, 0.29) is 44.8 Å². The van der Waals surface area contributed by atoms with Gasteiger partial charge in [0.05, 0.1) is 0 Å². The van der Waals surface area contributed by atoms with Crippen molar-refractivity contribution < 1.29 is 29.2 Å². The quantitative estimate of drug-likeness (QED) is 0.336. The molecule has 0 heterocycles. The van der Waals surface area contributed by atoms with Crippen molar-refractivity contribution in [3.05, 3.63) is 24.3 Å². The fourth-order valence-corrected chi connectivity index (χ4v) is 9.46. The first-order chi connectivity index (χ1) is 8.98. The van der Waals surface area contributed by atoms with Crippen molar-refractivity contribution in [2.24, 2.45) is 0 Å². The standard InChI is InChI=1S/C8H10N.C4H7Cl2.C4H9.ClH.2H3P.Pd/c1-9(2)8-6-4-3-5-7-8;1-3(2)4(5)6;1-4(2)3;;;;/h4-7H,1-2H3;4H,1-2H3;1-3H3;1H;2*1H3;/q;;;;;;-1/p+1. The number of rotatable bonds is 4. The van der Waals surface area contributed by atoms with Gasteiger partial charge in [-0.05, 0) is 19.8 Å². The summed E-state index contributed by atoms with van der Waals surface area (Å²) in [6.45, 7) is 11.3. The van der Waals surface area contributed by atoms with E-state index in [0.29, 0.717) is 0 Å². The van der Waals surface area contributed by atoms with Crippen molar-refractivity contribution >= 4 is 52.7 Å². The van der Waals surface area contributed by atoms with Gasteiger partial charge in [0.25, 0.3) is 0 Å². The zero-order chi connectivity index (χ0) is 15.7. The van der Waals surface area contributed by atoms with Gasteiger partial charge in [0.1, 0.15) is 0 Å². The molecule has 144 valence electrons. The predicted octanol–water partition coefficient (Wildman–Crippen LogP) is 1.80. The summed E-state index contributed by atoms with van der Waals surface area (Å²) >= 11 is 11.5. The van der Waals surface area contributed by atoms with Crippen molar-refractivity contribution in [2.45, 2.75) is 47.2 Å². The first-order valence-corrected chi connectivity index (χ1v) is 9.84. The summed E-state index contributed by atoms with van der Waals surface area (Å²) in [6.07, 6.45) is 0. The Kier molecular flexibility index (Phi) is 14.2. The molecule has 0 radical (unpaired) electrons. The largest absolute Gasteiger partial charge is 1.00 e. The van der Waals surface area contributed by atoms with Gasteiger partial charge in [0.15, 0.2) is 0 Å². The molecule has 2 unspecified atom stereocenters. The van der Waals surface area contributed by atoms with Crippen LogP contribution >= 0.6 is 43.0 Å². The fourth-order valence-electron chi connectivity index (χ4n) is 2.02. The zero-order valence-corrected chi connectivity index (χ0v) is 23.6. The smallest absolute Gasteiger partial charge is 0.0395 e. The van der Waals surface area contributed by atoms with E-state index in [2.05, 4.69) is 77.9 Å². The van der Waals surface area contributed by atoms with Crippen LogP contribution < -0.4 is 21.3 Å². The maximum Gasteiger partial charge on any atom is -0.0395 e. The first-order valence-electron chi connectivity index (χ1n) is 6.64. The third-order valence-corrected chi connectivity index (χ3v) is 10.7. The summed E-state index contributed by atoms with van der Waals surface area (Å²) in [7, 11) is 4.12. The Morgan fingerprint density at radius 2 is 1.30 bits per heavy atom. The van der Waals surface area contributed by atoms with Crippen molar-refractivity contribution in [3.8, 4) is 0 Å². The third-order valence-electron chi connectivity index (χ3n) is 2.89. The number of halogens is 3. The van der Waals surface area contributed by atoms with E-state index in [1.165, 1.54) is 9.72 Å². The minimum atomic E-state index is -1.12. The Balaban J connectivity index is -0.00000133. The van der Waals surface area contributed by atoms with Gasteiger partial charge in [-0.2, -0.15) is 0 Å². The van der Waals surface area contributed by atoms with Crippen molar-refractivity contribution in [2.75, 3.05) is 19.0 Å². The Labute approximate surface area is 171 Å². The maximum atomic E-state index is 6.29. The number of benzene rings is 1. The van der Waals surface area contributed by atoms with E-state index in [9.17, 15) is 0 Å². The Morgan fingerprint density at radius 1 is 0.913 bits per heavy atom. The van der Waals surface area contributed by atoms with Crippen LogP contribution in [0.2, 0.25) is 7.78 Å². The van der Waals surface area contributed by atoms with Crippen molar-refractivity contribution in [1.82, 2.24) is 0 Å². The molecule has 0 saturated carbocycles. The minimum Gasteiger partial charge on any atom is -1.00 e. The molecule has 0 bridgehead atoms. The zero-order valence-electron chi connectivity index (χ0n) is 15.8. The Morgan fingerprint density at radius 3 is 1.57 bits per heavy atom. The Hall–Kier alpha value is 1.41. The van der Waals surface area contributed by atoms with Crippen LogP contribution in [0.5, 0.6) is 0 Å². The number of nitrogens with zero attached hydrogens (tertiary/aromatic N) is 1. The van der Waals surface area contributed by atoms with Crippen LogP contribution in [0.3, 0.4) is 0 Å². The number of alkyl halides is 2. The molecular formula is C16H34Cl3NP2Pd. The van der Waals surface area contributed by atoms with Crippen LogP contribution in [0.1, 0.15) is 34.6 Å². The summed E-state index contributed by atoms with van der Waals surface area (Å²) in [5.74, 6) is 0. The molecule has 23 heavy (non-hydrogen) atoms.